The van der Waals surface area contributed by atoms with E-state index in [4.69, 9.17) is 19.4 Å². The van der Waals surface area contributed by atoms with Crippen molar-refractivity contribution in [2.45, 2.75) is 26.2 Å². The van der Waals surface area contributed by atoms with Gasteiger partial charge in [0.25, 0.3) is 5.91 Å². The molecular weight excluding hydrogens is 390 g/mol. The van der Waals surface area contributed by atoms with E-state index in [9.17, 15) is 4.79 Å². The second kappa shape index (κ2) is 9.16. The molecule has 0 saturated carbocycles. The van der Waals surface area contributed by atoms with Crippen LogP contribution in [-0.4, -0.2) is 48.1 Å². The second-order valence-corrected chi connectivity index (χ2v) is 7.49. The van der Waals surface area contributed by atoms with Crippen LogP contribution in [0.15, 0.2) is 48.5 Å². The van der Waals surface area contributed by atoms with Crippen LogP contribution in [0, 0.1) is 0 Å². The molecule has 0 N–H and O–H groups in total. The summed E-state index contributed by atoms with van der Waals surface area (Å²) < 4.78 is 10.7. The van der Waals surface area contributed by atoms with Crippen LogP contribution < -0.4 is 9.47 Å². The van der Waals surface area contributed by atoms with Crippen molar-refractivity contribution in [2.75, 3.05) is 27.3 Å². The minimum atomic E-state index is -0.0140. The third-order valence-corrected chi connectivity index (χ3v) is 5.69. The summed E-state index contributed by atoms with van der Waals surface area (Å²) in [7, 11) is 3.25. The summed E-state index contributed by atoms with van der Waals surface area (Å²) in [5.41, 5.74) is 4.74. The van der Waals surface area contributed by atoms with Crippen LogP contribution >= 0.6 is 0 Å². The number of para-hydroxylation sites is 1. The number of aryl methyl sites for hydroxylation is 1. The molecule has 0 aliphatic carbocycles. The fourth-order valence-electron chi connectivity index (χ4n) is 3.99. The Kier molecular flexibility index (Phi) is 6.16. The van der Waals surface area contributed by atoms with Gasteiger partial charge in [-0.1, -0.05) is 19.1 Å². The molecule has 0 radical (unpaired) electrons. The van der Waals surface area contributed by atoms with Gasteiger partial charge in [0, 0.05) is 42.8 Å². The number of aromatic nitrogens is 2. The molecule has 0 saturated heterocycles. The molecule has 0 unspecified atom stereocenters. The Labute approximate surface area is 182 Å². The van der Waals surface area contributed by atoms with Crippen LogP contribution in [0.4, 0.5) is 0 Å². The maximum absolute atomic E-state index is 13.2. The predicted octanol–water partition coefficient (Wildman–Crippen LogP) is 3.96. The molecule has 0 atom stereocenters. The molecule has 6 nitrogen and oxygen atoms in total. The third kappa shape index (κ3) is 4.24. The van der Waals surface area contributed by atoms with Crippen LogP contribution in [0.1, 0.15) is 34.4 Å². The number of amides is 1. The summed E-state index contributed by atoms with van der Waals surface area (Å²) in [6.45, 7) is 3.29. The Morgan fingerprint density at radius 2 is 1.71 bits per heavy atom. The zero-order valence-corrected chi connectivity index (χ0v) is 18.2. The first-order chi connectivity index (χ1) is 15.1. The second-order valence-electron chi connectivity index (χ2n) is 7.49. The van der Waals surface area contributed by atoms with E-state index in [2.05, 4.69) is 6.92 Å². The van der Waals surface area contributed by atoms with Gasteiger partial charge >= 0.3 is 0 Å². The van der Waals surface area contributed by atoms with Crippen molar-refractivity contribution in [3.8, 4) is 22.8 Å². The number of hydrogen-bond acceptors (Lipinski definition) is 5. The van der Waals surface area contributed by atoms with Crippen molar-refractivity contribution >= 4 is 5.91 Å². The highest BCUT2D eigenvalue weighted by Gasteiger charge is 2.25. The molecular formula is C25H27N3O3. The monoisotopic (exact) mass is 417 g/mol. The average Bonchev–Trinajstić information content (AvgIpc) is 3.05. The Balaban J connectivity index is 1.66. The number of ether oxygens (including phenoxy) is 2. The van der Waals surface area contributed by atoms with Crippen molar-refractivity contribution in [3.05, 3.63) is 71.2 Å². The molecule has 1 aliphatic rings. The summed E-state index contributed by atoms with van der Waals surface area (Å²) >= 11 is 0. The number of carbonyl (C=O) groups is 1. The molecule has 1 amide bonds. The van der Waals surface area contributed by atoms with Crippen molar-refractivity contribution in [1.29, 1.82) is 0 Å². The van der Waals surface area contributed by atoms with Gasteiger partial charge in [0.05, 0.1) is 25.5 Å². The first-order valence-corrected chi connectivity index (χ1v) is 10.6. The lowest BCUT2D eigenvalue weighted by atomic mass is 10.0. The number of methoxy groups -OCH3 is 2. The topological polar surface area (TPSA) is 64.6 Å². The molecule has 6 heteroatoms. The Bertz CT molecular complexity index is 1080. The molecule has 2 aromatic carbocycles. The van der Waals surface area contributed by atoms with E-state index in [1.165, 1.54) is 0 Å². The highest BCUT2D eigenvalue weighted by molar-refractivity contribution is 5.97. The zero-order valence-electron chi connectivity index (χ0n) is 18.2. The summed E-state index contributed by atoms with van der Waals surface area (Å²) in [6, 6.07) is 15.3. The lowest BCUT2D eigenvalue weighted by molar-refractivity contribution is 0.0759. The number of benzene rings is 2. The molecule has 4 rings (SSSR count). The van der Waals surface area contributed by atoms with E-state index in [1.54, 1.807) is 14.2 Å². The molecule has 31 heavy (non-hydrogen) atoms. The van der Waals surface area contributed by atoms with Gasteiger partial charge in [0.2, 0.25) is 0 Å². The minimum Gasteiger partial charge on any atom is -0.497 e. The summed E-state index contributed by atoms with van der Waals surface area (Å²) in [4.78, 5) is 24.8. The van der Waals surface area contributed by atoms with Gasteiger partial charge in [-0.05, 0) is 42.8 Å². The van der Waals surface area contributed by atoms with E-state index in [0.29, 0.717) is 37.2 Å². The van der Waals surface area contributed by atoms with Gasteiger partial charge in [0.1, 0.15) is 17.3 Å². The summed E-state index contributed by atoms with van der Waals surface area (Å²) in [5.74, 6) is 2.23. The molecule has 1 aliphatic heterocycles. The Morgan fingerprint density at radius 1 is 0.968 bits per heavy atom. The molecule has 160 valence electrons. The van der Waals surface area contributed by atoms with E-state index in [0.717, 1.165) is 40.5 Å². The van der Waals surface area contributed by atoms with Crippen LogP contribution in [0.5, 0.6) is 11.5 Å². The highest BCUT2D eigenvalue weighted by Crippen LogP contribution is 2.29. The maximum atomic E-state index is 13.2. The van der Waals surface area contributed by atoms with E-state index >= 15 is 0 Å². The lowest BCUT2D eigenvalue weighted by Crippen LogP contribution is -2.33. The van der Waals surface area contributed by atoms with E-state index in [-0.39, 0.29) is 5.91 Å². The molecule has 3 aromatic rings. The number of nitrogens with zero attached hydrogens (tertiary/aromatic N) is 3. The molecule has 0 fully saturated rings. The lowest BCUT2D eigenvalue weighted by Gasteiger charge is -2.21. The van der Waals surface area contributed by atoms with E-state index < -0.39 is 0 Å². The molecule has 1 aromatic heterocycles. The summed E-state index contributed by atoms with van der Waals surface area (Å²) in [5, 5.41) is 0. The number of hydrogen-bond donors (Lipinski definition) is 0. The maximum Gasteiger partial charge on any atom is 0.257 e. The largest absolute Gasteiger partial charge is 0.497 e. The normalized spacial score (nSPS) is 13.3. The first-order valence-electron chi connectivity index (χ1n) is 10.6. The third-order valence-electron chi connectivity index (χ3n) is 5.69. The quantitative estimate of drug-likeness (QED) is 0.629. The van der Waals surface area contributed by atoms with Crippen molar-refractivity contribution in [2.24, 2.45) is 0 Å². The van der Waals surface area contributed by atoms with Crippen molar-refractivity contribution < 1.29 is 14.3 Å². The van der Waals surface area contributed by atoms with Gasteiger partial charge < -0.3 is 14.4 Å². The van der Waals surface area contributed by atoms with Gasteiger partial charge in [-0.25, -0.2) is 9.97 Å². The van der Waals surface area contributed by atoms with Crippen LogP contribution in [0.25, 0.3) is 11.3 Å². The zero-order chi connectivity index (χ0) is 21.8. The summed E-state index contributed by atoms with van der Waals surface area (Å²) in [6.07, 6.45) is 2.18. The van der Waals surface area contributed by atoms with Gasteiger partial charge in [-0.2, -0.15) is 0 Å². The standard InChI is InChI=1S/C25H27N3O3/c1-4-23-26-21-14-16-28(25(29)20-7-5-6-8-22(20)31-3)15-13-19(21)24(27-23)17-9-11-18(30-2)12-10-17/h5-12H,4,13-16H2,1-3H3. The predicted molar refractivity (Wildman–Crippen MR) is 120 cm³/mol. The van der Waals surface area contributed by atoms with Gasteiger partial charge in [-0.15, -0.1) is 0 Å². The van der Waals surface area contributed by atoms with Crippen LogP contribution in [0.2, 0.25) is 0 Å². The van der Waals surface area contributed by atoms with Gasteiger partial charge in [0.15, 0.2) is 0 Å². The molecule has 0 bridgehead atoms. The number of rotatable bonds is 5. The van der Waals surface area contributed by atoms with E-state index in [1.807, 2.05) is 53.4 Å². The Hall–Kier alpha value is -3.41. The smallest absolute Gasteiger partial charge is 0.257 e. The number of carbonyl (C=O) groups excluding carboxylic acids is 1. The van der Waals surface area contributed by atoms with Crippen molar-refractivity contribution in [1.82, 2.24) is 14.9 Å². The average molecular weight is 418 g/mol. The van der Waals surface area contributed by atoms with Gasteiger partial charge in [-0.3, -0.25) is 4.79 Å². The highest BCUT2D eigenvalue weighted by atomic mass is 16.5. The molecule has 0 spiro atoms. The Morgan fingerprint density at radius 3 is 2.42 bits per heavy atom. The van der Waals surface area contributed by atoms with Crippen LogP contribution in [0.3, 0.4) is 0 Å². The fourth-order valence-corrected chi connectivity index (χ4v) is 3.99. The number of fused-ring (bicyclic) bond motifs is 1. The minimum absolute atomic E-state index is 0.0140. The fraction of sp³-hybridized carbons (Fsp3) is 0.320. The first kappa shape index (κ1) is 20.8. The molecule has 2 heterocycles. The SMILES string of the molecule is CCc1nc2c(c(-c3ccc(OC)cc3)n1)CCN(C(=O)c1ccccc1OC)CC2. The van der Waals surface area contributed by atoms with Crippen molar-refractivity contribution in [3.63, 3.8) is 0 Å². The van der Waals surface area contributed by atoms with Crippen LogP contribution in [-0.2, 0) is 19.3 Å².